The Morgan fingerprint density at radius 3 is 2.75 bits per heavy atom. The van der Waals surface area contributed by atoms with E-state index in [0.29, 0.717) is 24.4 Å². The van der Waals surface area contributed by atoms with Crippen LogP contribution in [0.1, 0.15) is 31.4 Å². The van der Waals surface area contributed by atoms with Crippen LogP contribution in [-0.2, 0) is 11.3 Å². The van der Waals surface area contributed by atoms with Gasteiger partial charge in [-0.1, -0.05) is 19.9 Å². The van der Waals surface area contributed by atoms with Gasteiger partial charge in [0.05, 0.1) is 0 Å². The number of amides is 1. The Hall–Kier alpha value is -2.10. The highest BCUT2D eigenvalue weighted by molar-refractivity contribution is 5.80. The molecule has 0 bridgehead atoms. The van der Waals surface area contributed by atoms with Gasteiger partial charge in [-0.3, -0.25) is 9.59 Å². The molecule has 106 valence electrons. The number of aryl methyl sites for hydroxylation is 1. The van der Waals surface area contributed by atoms with Crippen molar-refractivity contribution in [2.45, 2.75) is 33.7 Å². The van der Waals surface area contributed by atoms with E-state index in [4.69, 9.17) is 0 Å². The summed E-state index contributed by atoms with van der Waals surface area (Å²) in [5.74, 6) is 0.428. The minimum Gasteiger partial charge on any atom is -0.352 e. The number of fused-ring (bicyclic) bond motifs is 1. The van der Waals surface area contributed by atoms with Crippen molar-refractivity contribution in [3.63, 3.8) is 0 Å². The molecule has 1 heterocycles. The van der Waals surface area contributed by atoms with E-state index in [1.807, 2.05) is 38.1 Å². The van der Waals surface area contributed by atoms with Crippen molar-refractivity contribution < 1.29 is 4.79 Å². The highest BCUT2D eigenvalue weighted by Crippen LogP contribution is 2.13. The van der Waals surface area contributed by atoms with Crippen LogP contribution < -0.4 is 10.9 Å². The summed E-state index contributed by atoms with van der Waals surface area (Å²) in [5.41, 5.74) is 2.48. The van der Waals surface area contributed by atoms with Crippen molar-refractivity contribution in [1.82, 2.24) is 10.3 Å². The summed E-state index contributed by atoms with van der Waals surface area (Å²) in [6.07, 6.45) is 0.542. The summed E-state index contributed by atoms with van der Waals surface area (Å²) < 4.78 is 0. The molecule has 1 amide bonds. The number of carbonyl (C=O) groups excluding carboxylic acids is 1. The van der Waals surface area contributed by atoms with Crippen LogP contribution >= 0.6 is 0 Å². The third kappa shape index (κ3) is 3.47. The number of aromatic nitrogens is 1. The summed E-state index contributed by atoms with van der Waals surface area (Å²) >= 11 is 0. The summed E-state index contributed by atoms with van der Waals surface area (Å²) in [7, 11) is 0. The predicted octanol–water partition coefficient (Wildman–Crippen LogP) is 2.50. The molecule has 0 atom stereocenters. The molecule has 4 nitrogen and oxygen atoms in total. The van der Waals surface area contributed by atoms with Crippen molar-refractivity contribution in [3.8, 4) is 0 Å². The SMILES string of the molecule is Cc1cc2cc(CNC(=O)CC(C)C)ccc2[nH]c1=O. The molecular weight excluding hydrogens is 252 g/mol. The van der Waals surface area contributed by atoms with Gasteiger partial charge in [0.1, 0.15) is 0 Å². The number of hydrogen-bond donors (Lipinski definition) is 2. The van der Waals surface area contributed by atoms with E-state index in [0.717, 1.165) is 16.5 Å². The van der Waals surface area contributed by atoms with Crippen LogP contribution in [0.2, 0.25) is 0 Å². The van der Waals surface area contributed by atoms with E-state index in [1.54, 1.807) is 6.92 Å². The average molecular weight is 272 g/mol. The fourth-order valence-corrected chi connectivity index (χ4v) is 2.12. The molecule has 0 radical (unpaired) electrons. The Labute approximate surface area is 118 Å². The van der Waals surface area contributed by atoms with Gasteiger partial charge in [0, 0.05) is 24.0 Å². The first-order valence-electron chi connectivity index (χ1n) is 6.85. The smallest absolute Gasteiger partial charge is 0.251 e. The maximum atomic E-state index is 11.6. The van der Waals surface area contributed by atoms with Crippen LogP contribution in [0, 0.1) is 12.8 Å². The maximum absolute atomic E-state index is 11.6. The Bertz CT molecular complexity index is 686. The van der Waals surface area contributed by atoms with E-state index < -0.39 is 0 Å². The van der Waals surface area contributed by atoms with Crippen LogP contribution in [0.15, 0.2) is 29.1 Å². The number of carbonyl (C=O) groups is 1. The number of hydrogen-bond acceptors (Lipinski definition) is 2. The molecule has 2 N–H and O–H groups in total. The van der Waals surface area contributed by atoms with Gasteiger partial charge < -0.3 is 10.3 Å². The Balaban J connectivity index is 2.14. The number of aromatic amines is 1. The summed E-state index contributed by atoms with van der Waals surface area (Å²) in [6.45, 7) is 6.35. The molecule has 0 saturated heterocycles. The molecule has 0 spiro atoms. The molecular formula is C16H20N2O2. The highest BCUT2D eigenvalue weighted by Gasteiger charge is 2.05. The van der Waals surface area contributed by atoms with Gasteiger partial charge in [0.2, 0.25) is 5.91 Å². The van der Waals surface area contributed by atoms with Gasteiger partial charge in [-0.05, 0) is 42.0 Å². The lowest BCUT2D eigenvalue weighted by molar-refractivity contribution is -0.121. The number of benzene rings is 1. The molecule has 20 heavy (non-hydrogen) atoms. The second-order valence-electron chi connectivity index (χ2n) is 5.58. The van der Waals surface area contributed by atoms with Gasteiger partial charge in [0.15, 0.2) is 0 Å². The molecule has 0 aliphatic carbocycles. The summed E-state index contributed by atoms with van der Waals surface area (Å²) in [4.78, 5) is 26.0. The van der Waals surface area contributed by atoms with Crippen molar-refractivity contribution >= 4 is 16.8 Å². The molecule has 0 saturated carbocycles. The van der Waals surface area contributed by atoms with Gasteiger partial charge >= 0.3 is 0 Å². The molecule has 0 unspecified atom stereocenters. The van der Waals surface area contributed by atoms with Gasteiger partial charge in [0.25, 0.3) is 5.56 Å². The van der Waals surface area contributed by atoms with E-state index in [2.05, 4.69) is 10.3 Å². The lowest BCUT2D eigenvalue weighted by atomic mass is 10.1. The minimum absolute atomic E-state index is 0.0597. The topological polar surface area (TPSA) is 62.0 Å². The van der Waals surface area contributed by atoms with Gasteiger partial charge in [-0.25, -0.2) is 0 Å². The normalized spacial score (nSPS) is 11.0. The van der Waals surface area contributed by atoms with E-state index in [1.165, 1.54) is 0 Å². The van der Waals surface area contributed by atoms with Gasteiger partial charge in [-0.2, -0.15) is 0 Å². The molecule has 1 aromatic heterocycles. The molecule has 1 aromatic carbocycles. The number of nitrogens with one attached hydrogen (secondary N) is 2. The summed E-state index contributed by atoms with van der Waals surface area (Å²) in [6, 6.07) is 7.66. The first-order chi connectivity index (χ1) is 9.45. The minimum atomic E-state index is -0.0597. The quantitative estimate of drug-likeness (QED) is 0.898. The summed E-state index contributed by atoms with van der Waals surface area (Å²) in [5, 5.41) is 3.89. The number of rotatable bonds is 4. The Morgan fingerprint density at radius 1 is 1.30 bits per heavy atom. The maximum Gasteiger partial charge on any atom is 0.251 e. The fourth-order valence-electron chi connectivity index (χ4n) is 2.12. The standard InChI is InChI=1S/C16H20N2O2/c1-10(2)6-15(19)17-9-12-4-5-14-13(8-12)7-11(3)16(20)18-14/h4-5,7-8,10H,6,9H2,1-3H3,(H,17,19)(H,18,20). The largest absolute Gasteiger partial charge is 0.352 e. The van der Waals surface area contributed by atoms with Crippen LogP contribution in [0.4, 0.5) is 0 Å². The first kappa shape index (κ1) is 14.3. The molecule has 0 aliphatic rings. The Morgan fingerprint density at radius 2 is 2.05 bits per heavy atom. The van der Waals surface area contributed by atoms with Crippen molar-refractivity contribution in [3.05, 3.63) is 45.7 Å². The third-order valence-corrected chi connectivity index (χ3v) is 3.18. The van der Waals surface area contributed by atoms with Crippen LogP contribution in [0.5, 0.6) is 0 Å². The van der Waals surface area contributed by atoms with Crippen molar-refractivity contribution in [2.24, 2.45) is 5.92 Å². The van der Waals surface area contributed by atoms with Crippen molar-refractivity contribution in [1.29, 1.82) is 0 Å². The van der Waals surface area contributed by atoms with E-state index >= 15 is 0 Å². The average Bonchev–Trinajstić information content (AvgIpc) is 2.37. The number of H-pyrrole nitrogens is 1. The molecule has 0 fully saturated rings. The second-order valence-corrected chi connectivity index (χ2v) is 5.58. The zero-order valence-electron chi connectivity index (χ0n) is 12.1. The van der Waals surface area contributed by atoms with E-state index in [9.17, 15) is 9.59 Å². The van der Waals surface area contributed by atoms with Crippen LogP contribution in [0.25, 0.3) is 10.9 Å². The highest BCUT2D eigenvalue weighted by atomic mass is 16.1. The van der Waals surface area contributed by atoms with E-state index in [-0.39, 0.29) is 11.5 Å². The Kier molecular flexibility index (Phi) is 4.23. The van der Waals surface area contributed by atoms with Crippen LogP contribution in [-0.4, -0.2) is 10.9 Å². The number of pyridine rings is 1. The predicted molar refractivity (Wildman–Crippen MR) is 80.6 cm³/mol. The molecule has 2 rings (SSSR count). The second kappa shape index (κ2) is 5.90. The fraction of sp³-hybridized carbons (Fsp3) is 0.375. The molecule has 2 aromatic rings. The van der Waals surface area contributed by atoms with Crippen LogP contribution in [0.3, 0.4) is 0 Å². The monoisotopic (exact) mass is 272 g/mol. The lowest BCUT2D eigenvalue weighted by Gasteiger charge is -2.08. The van der Waals surface area contributed by atoms with Gasteiger partial charge in [-0.15, -0.1) is 0 Å². The zero-order chi connectivity index (χ0) is 14.7. The lowest BCUT2D eigenvalue weighted by Crippen LogP contribution is -2.23. The first-order valence-corrected chi connectivity index (χ1v) is 6.85. The third-order valence-electron chi connectivity index (χ3n) is 3.18. The van der Waals surface area contributed by atoms with Crippen molar-refractivity contribution in [2.75, 3.05) is 0 Å². The molecule has 4 heteroatoms. The zero-order valence-corrected chi connectivity index (χ0v) is 12.1. The molecule has 0 aliphatic heterocycles.